The smallest absolute Gasteiger partial charge is 0.243 e. The Hall–Kier alpha value is -1.60. The molecular weight excluding hydrogens is 340 g/mol. The van der Waals surface area contributed by atoms with Crippen LogP contribution in [0.2, 0.25) is 5.02 Å². The first-order valence-corrected chi connectivity index (χ1v) is 9.45. The molecule has 1 aromatic carbocycles. The summed E-state index contributed by atoms with van der Waals surface area (Å²) in [5, 5.41) is 3.25. The van der Waals surface area contributed by atoms with E-state index in [1.807, 2.05) is 0 Å². The molecule has 2 amide bonds. The van der Waals surface area contributed by atoms with Crippen LogP contribution in [0.1, 0.15) is 12.8 Å². The quantitative estimate of drug-likeness (QED) is 0.865. The highest BCUT2D eigenvalue weighted by atomic mass is 35.5. The summed E-state index contributed by atoms with van der Waals surface area (Å²) < 4.78 is 22.8. The fraction of sp³-hybridized carbons (Fsp3) is 0.467. The second-order valence-electron chi connectivity index (χ2n) is 5.78. The van der Waals surface area contributed by atoms with Gasteiger partial charge in [0, 0.05) is 24.2 Å². The Morgan fingerprint density at radius 1 is 1.30 bits per heavy atom. The zero-order valence-corrected chi connectivity index (χ0v) is 14.4. The molecule has 1 N–H and O–H groups in total. The first-order chi connectivity index (χ1) is 10.7. The van der Waals surface area contributed by atoms with E-state index in [-0.39, 0.29) is 42.2 Å². The molecule has 1 fully saturated rings. The van der Waals surface area contributed by atoms with E-state index in [0.717, 1.165) is 0 Å². The molecular formula is C15H19ClN2O4S. The Morgan fingerprint density at radius 3 is 2.52 bits per heavy atom. The van der Waals surface area contributed by atoms with Gasteiger partial charge in [0.2, 0.25) is 11.8 Å². The predicted octanol–water partition coefficient (Wildman–Crippen LogP) is 1.56. The highest BCUT2D eigenvalue weighted by Gasteiger charge is 2.30. The molecule has 126 valence electrons. The van der Waals surface area contributed by atoms with Crippen molar-refractivity contribution in [3.8, 4) is 0 Å². The number of nitrogens with zero attached hydrogens (tertiary/aromatic N) is 1. The van der Waals surface area contributed by atoms with Crippen molar-refractivity contribution in [3.63, 3.8) is 0 Å². The number of carbonyl (C=O) groups is 2. The Morgan fingerprint density at radius 2 is 1.96 bits per heavy atom. The van der Waals surface area contributed by atoms with Gasteiger partial charge in [-0.05, 0) is 36.6 Å². The standard InChI is InChI=1S/C15H19ClN2O4S/c1-18(15(20)8-11-6-7-23(21,22)10-11)9-14(19)17-13-4-2-12(16)3-5-13/h2-5,11H,6-10H2,1H3,(H,17,19)/t11-/m0/s1. The van der Waals surface area contributed by atoms with Crippen LogP contribution in [0.15, 0.2) is 24.3 Å². The summed E-state index contributed by atoms with van der Waals surface area (Å²) in [5.74, 6) is -0.482. The van der Waals surface area contributed by atoms with Gasteiger partial charge in [0.15, 0.2) is 9.84 Å². The van der Waals surface area contributed by atoms with Gasteiger partial charge < -0.3 is 10.2 Å². The summed E-state index contributed by atoms with van der Waals surface area (Å²) in [6.07, 6.45) is 0.669. The Balaban J connectivity index is 1.81. The van der Waals surface area contributed by atoms with E-state index < -0.39 is 9.84 Å². The maximum absolute atomic E-state index is 12.1. The van der Waals surface area contributed by atoms with Crippen LogP contribution in [0.5, 0.6) is 0 Å². The number of sulfone groups is 1. The lowest BCUT2D eigenvalue weighted by molar-refractivity contribution is -0.134. The summed E-state index contributed by atoms with van der Waals surface area (Å²) in [6, 6.07) is 6.66. The van der Waals surface area contributed by atoms with Crippen molar-refractivity contribution < 1.29 is 18.0 Å². The molecule has 0 spiro atoms. The van der Waals surface area contributed by atoms with Gasteiger partial charge >= 0.3 is 0 Å². The number of carbonyl (C=O) groups excluding carboxylic acids is 2. The van der Waals surface area contributed by atoms with Gasteiger partial charge in [-0.1, -0.05) is 11.6 Å². The maximum atomic E-state index is 12.1. The zero-order valence-electron chi connectivity index (χ0n) is 12.8. The molecule has 1 aliphatic heterocycles. The highest BCUT2D eigenvalue weighted by molar-refractivity contribution is 7.91. The van der Waals surface area contributed by atoms with Crippen LogP contribution in [0, 0.1) is 5.92 Å². The topological polar surface area (TPSA) is 83.6 Å². The normalized spacial score (nSPS) is 19.3. The number of rotatable bonds is 5. The third kappa shape index (κ3) is 5.51. The second kappa shape index (κ2) is 7.31. The number of nitrogens with one attached hydrogen (secondary N) is 1. The average molecular weight is 359 g/mol. The molecule has 0 unspecified atom stereocenters. The lowest BCUT2D eigenvalue weighted by Crippen LogP contribution is -2.35. The van der Waals surface area contributed by atoms with Crippen LogP contribution in [-0.2, 0) is 19.4 Å². The van der Waals surface area contributed by atoms with Crippen LogP contribution < -0.4 is 5.32 Å². The van der Waals surface area contributed by atoms with E-state index in [1.54, 1.807) is 24.3 Å². The Labute approximate surface area is 140 Å². The molecule has 1 aromatic rings. The zero-order chi connectivity index (χ0) is 17.0. The van der Waals surface area contributed by atoms with Crippen LogP contribution in [0.4, 0.5) is 5.69 Å². The minimum atomic E-state index is -2.99. The molecule has 0 aliphatic carbocycles. The van der Waals surface area contributed by atoms with Gasteiger partial charge in [-0.25, -0.2) is 8.42 Å². The SMILES string of the molecule is CN(CC(=O)Nc1ccc(Cl)cc1)C(=O)C[C@@H]1CCS(=O)(=O)C1. The molecule has 0 bridgehead atoms. The van der Waals surface area contributed by atoms with E-state index in [2.05, 4.69) is 5.32 Å². The van der Waals surface area contributed by atoms with E-state index in [1.165, 1.54) is 11.9 Å². The first-order valence-electron chi connectivity index (χ1n) is 7.25. The molecule has 1 aliphatic rings. The molecule has 2 rings (SSSR count). The molecule has 1 saturated heterocycles. The number of likely N-dealkylation sites (N-methyl/N-ethyl adjacent to an activating group) is 1. The maximum Gasteiger partial charge on any atom is 0.243 e. The van der Waals surface area contributed by atoms with Crippen molar-refractivity contribution in [2.24, 2.45) is 5.92 Å². The number of benzene rings is 1. The van der Waals surface area contributed by atoms with Crippen molar-refractivity contribution >= 4 is 38.9 Å². The summed E-state index contributed by atoms with van der Waals surface area (Å²) in [7, 11) is -1.46. The minimum absolute atomic E-state index is 0.0591. The Bertz CT molecular complexity index is 688. The lowest BCUT2D eigenvalue weighted by Gasteiger charge is -2.18. The van der Waals surface area contributed by atoms with Crippen molar-refractivity contribution in [2.45, 2.75) is 12.8 Å². The van der Waals surface area contributed by atoms with Gasteiger partial charge in [0.25, 0.3) is 0 Å². The molecule has 8 heteroatoms. The summed E-state index contributed by atoms with van der Waals surface area (Å²) in [6.45, 7) is -0.0824. The lowest BCUT2D eigenvalue weighted by atomic mass is 10.0. The predicted molar refractivity (Wildman–Crippen MR) is 89.1 cm³/mol. The van der Waals surface area contributed by atoms with E-state index in [4.69, 9.17) is 11.6 Å². The van der Waals surface area contributed by atoms with Gasteiger partial charge in [-0.2, -0.15) is 0 Å². The van der Waals surface area contributed by atoms with Gasteiger partial charge in [-0.15, -0.1) is 0 Å². The first kappa shape index (κ1) is 17.7. The summed E-state index contributed by atoms with van der Waals surface area (Å²) >= 11 is 5.77. The number of hydrogen-bond acceptors (Lipinski definition) is 4. The monoisotopic (exact) mass is 358 g/mol. The van der Waals surface area contributed by atoms with Crippen molar-refractivity contribution in [1.29, 1.82) is 0 Å². The molecule has 23 heavy (non-hydrogen) atoms. The van der Waals surface area contributed by atoms with Crippen LogP contribution in [0.25, 0.3) is 0 Å². The molecule has 0 saturated carbocycles. The molecule has 6 nitrogen and oxygen atoms in total. The van der Waals surface area contributed by atoms with Crippen molar-refractivity contribution in [2.75, 3.05) is 30.4 Å². The number of anilines is 1. The number of amides is 2. The van der Waals surface area contributed by atoms with Crippen molar-refractivity contribution in [1.82, 2.24) is 4.90 Å². The highest BCUT2D eigenvalue weighted by Crippen LogP contribution is 2.22. The van der Waals surface area contributed by atoms with Gasteiger partial charge in [0.05, 0.1) is 18.1 Å². The largest absolute Gasteiger partial charge is 0.336 e. The second-order valence-corrected chi connectivity index (χ2v) is 8.44. The fourth-order valence-electron chi connectivity index (χ4n) is 2.47. The molecule has 0 radical (unpaired) electrons. The van der Waals surface area contributed by atoms with E-state index >= 15 is 0 Å². The minimum Gasteiger partial charge on any atom is -0.336 e. The fourth-order valence-corrected chi connectivity index (χ4v) is 4.46. The number of halogens is 1. The molecule has 1 atom stereocenters. The number of hydrogen-bond donors (Lipinski definition) is 1. The third-order valence-corrected chi connectivity index (χ3v) is 5.81. The Kier molecular flexibility index (Phi) is 5.64. The van der Waals surface area contributed by atoms with Crippen LogP contribution in [-0.4, -0.2) is 50.2 Å². The molecule has 0 aromatic heterocycles. The van der Waals surface area contributed by atoms with Crippen LogP contribution in [0.3, 0.4) is 0 Å². The summed E-state index contributed by atoms with van der Waals surface area (Å²) in [5.41, 5.74) is 0.599. The van der Waals surface area contributed by atoms with Crippen molar-refractivity contribution in [3.05, 3.63) is 29.3 Å². The van der Waals surface area contributed by atoms with Crippen LogP contribution >= 0.6 is 11.6 Å². The van der Waals surface area contributed by atoms with Gasteiger partial charge in [0.1, 0.15) is 0 Å². The van der Waals surface area contributed by atoms with E-state index in [0.29, 0.717) is 17.1 Å². The average Bonchev–Trinajstić information content (AvgIpc) is 2.80. The third-order valence-electron chi connectivity index (χ3n) is 3.72. The molecule has 1 heterocycles. The summed E-state index contributed by atoms with van der Waals surface area (Å²) in [4.78, 5) is 25.3. The van der Waals surface area contributed by atoms with Gasteiger partial charge in [-0.3, -0.25) is 9.59 Å². The van der Waals surface area contributed by atoms with E-state index in [9.17, 15) is 18.0 Å².